The molecule has 0 fully saturated rings. The van der Waals surface area contributed by atoms with Crippen LogP contribution in [0.2, 0.25) is 0 Å². The second-order valence-electron chi connectivity index (χ2n) is 5.18. The molecule has 0 amide bonds. The number of thioether (sulfide) groups is 1. The Morgan fingerprint density at radius 3 is 2.42 bits per heavy atom. The summed E-state index contributed by atoms with van der Waals surface area (Å²) in [5, 5.41) is 4.41. The van der Waals surface area contributed by atoms with Gasteiger partial charge in [0.15, 0.2) is 0 Å². The van der Waals surface area contributed by atoms with Gasteiger partial charge in [0.05, 0.1) is 0 Å². The van der Waals surface area contributed by atoms with Crippen LogP contribution in [0.4, 0.5) is 0 Å². The number of hydrogen-bond donors (Lipinski definition) is 1. The molecule has 0 spiro atoms. The fourth-order valence-corrected chi connectivity index (χ4v) is 3.66. The third-order valence-electron chi connectivity index (χ3n) is 3.48. The molecule has 1 N–H and O–H groups in total. The first-order valence-electron chi connectivity index (χ1n) is 7.68. The lowest BCUT2D eigenvalue weighted by atomic mass is 10.1. The summed E-state index contributed by atoms with van der Waals surface area (Å²) in [4.78, 5) is 1.44. The average molecular weight is 279 g/mol. The SMILES string of the molecule is CCCNC(CCC)C(CC)Sc1ccccc1C. The molecule has 1 aromatic rings. The first kappa shape index (κ1) is 16.6. The van der Waals surface area contributed by atoms with E-state index in [4.69, 9.17) is 0 Å². The van der Waals surface area contributed by atoms with Crippen molar-refractivity contribution >= 4 is 11.8 Å². The summed E-state index contributed by atoms with van der Waals surface area (Å²) in [5.74, 6) is 0. The molecular weight excluding hydrogens is 250 g/mol. The lowest BCUT2D eigenvalue weighted by molar-refractivity contribution is 0.454. The van der Waals surface area contributed by atoms with Crippen LogP contribution in [-0.2, 0) is 0 Å². The monoisotopic (exact) mass is 279 g/mol. The van der Waals surface area contributed by atoms with Gasteiger partial charge in [-0.3, -0.25) is 0 Å². The van der Waals surface area contributed by atoms with Gasteiger partial charge in [0.1, 0.15) is 0 Å². The zero-order valence-electron chi connectivity index (χ0n) is 12.9. The largest absolute Gasteiger partial charge is 0.313 e. The van der Waals surface area contributed by atoms with Gasteiger partial charge in [-0.15, -0.1) is 11.8 Å². The van der Waals surface area contributed by atoms with Crippen molar-refractivity contribution in [2.45, 2.75) is 69.6 Å². The van der Waals surface area contributed by atoms with Crippen LogP contribution in [0.1, 0.15) is 52.0 Å². The maximum atomic E-state index is 3.74. The number of aryl methyl sites for hydroxylation is 1. The van der Waals surface area contributed by atoms with E-state index in [1.54, 1.807) is 0 Å². The highest BCUT2D eigenvalue weighted by atomic mass is 32.2. The molecule has 108 valence electrons. The van der Waals surface area contributed by atoms with Gasteiger partial charge in [-0.2, -0.15) is 0 Å². The molecule has 2 atom stereocenters. The highest BCUT2D eigenvalue weighted by Gasteiger charge is 2.20. The van der Waals surface area contributed by atoms with Crippen molar-refractivity contribution in [3.8, 4) is 0 Å². The van der Waals surface area contributed by atoms with Crippen molar-refractivity contribution in [2.75, 3.05) is 6.54 Å². The Labute approximate surface area is 123 Å². The Balaban J connectivity index is 2.70. The van der Waals surface area contributed by atoms with E-state index in [1.807, 2.05) is 0 Å². The van der Waals surface area contributed by atoms with Crippen LogP contribution in [0.15, 0.2) is 29.2 Å². The van der Waals surface area contributed by atoms with Gasteiger partial charge in [-0.1, -0.05) is 45.4 Å². The molecule has 1 aromatic carbocycles. The van der Waals surface area contributed by atoms with E-state index < -0.39 is 0 Å². The minimum atomic E-state index is 0.638. The van der Waals surface area contributed by atoms with Crippen molar-refractivity contribution in [3.63, 3.8) is 0 Å². The summed E-state index contributed by atoms with van der Waals surface area (Å²) in [6.45, 7) is 10.2. The smallest absolute Gasteiger partial charge is 0.0245 e. The zero-order chi connectivity index (χ0) is 14.1. The maximum Gasteiger partial charge on any atom is 0.0245 e. The molecule has 19 heavy (non-hydrogen) atoms. The van der Waals surface area contributed by atoms with E-state index in [9.17, 15) is 0 Å². The first-order chi connectivity index (χ1) is 9.22. The van der Waals surface area contributed by atoms with Gasteiger partial charge >= 0.3 is 0 Å². The zero-order valence-corrected chi connectivity index (χ0v) is 13.7. The van der Waals surface area contributed by atoms with E-state index >= 15 is 0 Å². The fraction of sp³-hybridized carbons (Fsp3) is 0.647. The van der Waals surface area contributed by atoms with Crippen LogP contribution >= 0.6 is 11.8 Å². The third kappa shape index (κ3) is 5.58. The predicted octanol–water partition coefficient (Wildman–Crippen LogP) is 5.03. The Kier molecular flexibility index (Phi) is 8.24. The van der Waals surface area contributed by atoms with E-state index in [0.717, 1.165) is 6.54 Å². The number of rotatable bonds is 9. The lowest BCUT2D eigenvalue weighted by Crippen LogP contribution is -2.38. The Morgan fingerprint density at radius 1 is 1.11 bits per heavy atom. The molecule has 0 saturated carbocycles. The molecule has 1 nitrogen and oxygen atoms in total. The van der Waals surface area contributed by atoms with E-state index in [-0.39, 0.29) is 0 Å². The molecule has 2 heteroatoms. The van der Waals surface area contributed by atoms with Gasteiger partial charge in [0, 0.05) is 16.2 Å². The fourth-order valence-electron chi connectivity index (χ4n) is 2.36. The first-order valence-corrected chi connectivity index (χ1v) is 8.56. The van der Waals surface area contributed by atoms with Gasteiger partial charge in [0.2, 0.25) is 0 Å². The highest BCUT2D eigenvalue weighted by molar-refractivity contribution is 8.00. The van der Waals surface area contributed by atoms with Crippen molar-refractivity contribution in [2.24, 2.45) is 0 Å². The molecule has 0 aromatic heterocycles. The minimum absolute atomic E-state index is 0.638. The van der Waals surface area contributed by atoms with Crippen LogP contribution in [0.25, 0.3) is 0 Å². The third-order valence-corrected chi connectivity index (χ3v) is 5.16. The van der Waals surface area contributed by atoms with Crippen molar-refractivity contribution in [3.05, 3.63) is 29.8 Å². The number of benzene rings is 1. The molecule has 0 aliphatic carbocycles. The van der Waals surface area contributed by atoms with Crippen LogP contribution in [-0.4, -0.2) is 17.8 Å². The quantitative estimate of drug-likeness (QED) is 0.636. The lowest BCUT2D eigenvalue weighted by Gasteiger charge is -2.27. The Hall–Kier alpha value is -0.470. The topological polar surface area (TPSA) is 12.0 Å². The molecule has 0 saturated heterocycles. The second-order valence-corrected chi connectivity index (χ2v) is 6.46. The van der Waals surface area contributed by atoms with Crippen molar-refractivity contribution in [1.29, 1.82) is 0 Å². The normalized spacial score (nSPS) is 14.3. The Morgan fingerprint density at radius 2 is 1.84 bits per heavy atom. The summed E-state index contributed by atoms with van der Waals surface area (Å²) in [6, 6.07) is 9.38. The average Bonchev–Trinajstić information content (AvgIpc) is 2.43. The summed E-state index contributed by atoms with van der Waals surface area (Å²) in [5.41, 5.74) is 1.40. The van der Waals surface area contributed by atoms with Crippen LogP contribution in [0, 0.1) is 6.92 Å². The van der Waals surface area contributed by atoms with E-state index in [0.29, 0.717) is 11.3 Å². The molecule has 1 rings (SSSR count). The van der Waals surface area contributed by atoms with Crippen LogP contribution < -0.4 is 5.32 Å². The molecule has 0 aliphatic heterocycles. The summed E-state index contributed by atoms with van der Waals surface area (Å²) in [7, 11) is 0. The maximum absolute atomic E-state index is 3.74. The summed E-state index contributed by atoms with van der Waals surface area (Å²) < 4.78 is 0. The van der Waals surface area contributed by atoms with Gasteiger partial charge in [-0.25, -0.2) is 0 Å². The van der Waals surface area contributed by atoms with E-state index in [2.05, 4.69) is 69.0 Å². The summed E-state index contributed by atoms with van der Waals surface area (Å²) >= 11 is 2.05. The van der Waals surface area contributed by atoms with Gasteiger partial charge in [-0.05, 0) is 44.4 Å². The standard InChI is InChI=1S/C17H29NS/c1-5-10-15(18-13-6-2)16(7-3)19-17-12-9-8-11-14(17)4/h8-9,11-12,15-16,18H,5-7,10,13H2,1-4H3. The van der Waals surface area contributed by atoms with Gasteiger partial charge < -0.3 is 5.32 Å². The molecule has 0 bridgehead atoms. The number of nitrogens with one attached hydrogen (secondary N) is 1. The molecule has 0 radical (unpaired) electrons. The van der Waals surface area contributed by atoms with Crippen molar-refractivity contribution in [1.82, 2.24) is 5.32 Å². The van der Waals surface area contributed by atoms with E-state index in [1.165, 1.54) is 36.1 Å². The number of hydrogen-bond acceptors (Lipinski definition) is 2. The Bertz CT molecular complexity index is 351. The van der Waals surface area contributed by atoms with Crippen LogP contribution in [0.5, 0.6) is 0 Å². The molecular formula is C17H29NS. The molecule has 2 unspecified atom stereocenters. The van der Waals surface area contributed by atoms with Crippen LogP contribution in [0.3, 0.4) is 0 Å². The molecule has 0 aliphatic rings. The molecule has 0 heterocycles. The van der Waals surface area contributed by atoms with Crippen molar-refractivity contribution < 1.29 is 0 Å². The predicted molar refractivity (Wildman–Crippen MR) is 88.1 cm³/mol. The van der Waals surface area contributed by atoms with Gasteiger partial charge in [0.25, 0.3) is 0 Å². The highest BCUT2D eigenvalue weighted by Crippen LogP contribution is 2.31. The minimum Gasteiger partial charge on any atom is -0.313 e. The summed E-state index contributed by atoms with van der Waals surface area (Å²) in [6.07, 6.45) is 4.97. The second kappa shape index (κ2) is 9.44.